The molecule has 0 aliphatic rings. The van der Waals surface area contributed by atoms with Crippen molar-refractivity contribution in [1.82, 2.24) is 15.0 Å². The van der Waals surface area contributed by atoms with Crippen LogP contribution in [0.15, 0.2) is 30.7 Å². The fourth-order valence-corrected chi connectivity index (χ4v) is 0.966. The molecule has 0 aliphatic heterocycles. The number of pyridine rings is 1. The van der Waals surface area contributed by atoms with Gasteiger partial charge < -0.3 is 10.1 Å². The minimum atomic E-state index is 0.00972. The first-order valence-corrected chi connectivity index (χ1v) is 3.51. The lowest BCUT2D eigenvalue weighted by atomic mass is 10.3. The van der Waals surface area contributed by atoms with Crippen LogP contribution in [0.25, 0.3) is 11.4 Å². The second-order valence-electron chi connectivity index (χ2n) is 2.34. The molecule has 12 heavy (non-hydrogen) atoms. The van der Waals surface area contributed by atoms with E-state index >= 15 is 0 Å². The minimum absolute atomic E-state index is 0.00972. The van der Waals surface area contributed by atoms with Crippen LogP contribution in [0.5, 0.6) is 5.88 Å². The lowest BCUT2D eigenvalue weighted by molar-refractivity contribution is 0.454. The molecule has 0 bridgehead atoms. The number of aromatic amines is 1. The quantitative estimate of drug-likeness (QED) is 0.660. The van der Waals surface area contributed by atoms with Gasteiger partial charge in [-0.15, -0.1) is 0 Å². The molecule has 0 spiro atoms. The number of hydrogen-bond acceptors (Lipinski definition) is 3. The highest BCUT2D eigenvalue weighted by atomic mass is 16.3. The molecule has 4 nitrogen and oxygen atoms in total. The Hall–Kier alpha value is -1.84. The van der Waals surface area contributed by atoms with Crippen molar-refractivity contribution >= 4 is 0 Å². The molecule has 2 aromatic heterocycles. The van der Waals surface area contributed by atoms with Gasteiger partial charge in [0, 0.05) is 12.3 Å². The van der Waals surface area contributed by atoms with E-state index in [1.807, 2.05) is 0 Å². The molecule has 0 atom stereocenters. The molecule has 0 radical (unpaired) electrons. The fraction of sp³-hybridized carbons (Fsp3) is 0. The third-order valence-electron chi connectivity index (χ3n) is 1.50. The van der Waals surface area contributed by atoms with Crippen LogP contribution in [0.1, 0.15) is 0 Å². The van der Waals surface area contributed by atoms with Gasteiger partial charge in [-0.2, -0.15) is 0 Å². The Kier molecular flexibility index (Phi) is 1.51. The van der Waals surface area contributed by atoms with Gasteiger partial charge in [0.15, 0.2) is 0 Å². The average Bonchev–Trinajstić information content (AvgIpc) is 2.56. The van der Waals surface area contributed by atoms with Crippen LogP contribution >= 0.6 is 0 Å². The summed E-state index contributed by atoms with van der Waals surface area (Å²) in [6.45, 7) is 0. The molecule has 2 N–H and O–H groups in total. The van der Waals surface area contributed by atoms with E-state index in [0.717, 1.165) is 5.69 Å². The lowest BCUT2D eigenvalue weighted by Gasteiger charge is -1.94. The van der Waals surface area contributed by atoms with Gasteiger partial charge in [-0.25, -0.2) is 9.97 Å². The maximum Gasteiger partial charge on any atom is 0.211 e. The highest BCUT2D eigenvalue weighted by Gasteiger charge is 2.00. The molecular weight excluding hydrogens is 154 g/mol. The Bertz CT molecular complexity index is 370. The molecule has 0 aromatic carbocycles. The largest absolute Gasteiger partial charge is 0.493 e. The van der Waals surface area contributed by atoms with Gasteiger partial charge in [0.2, 0.25) is 5.88 Å². The number of hydrogen-bond donors (Lipinski definition) is 2. The molecular formula is C8H7N3O. The van der Waals surface area contributed by atoms with Crippen molar-refractivity contribution in [3.05, 3.63) is 30.7 Å². The highest BCUT2D eigenvalue weighted by Crippen LogP contribution is 2.15. The normalized spacial score (nSPS) is 10.0. The van der Waals surface area contributed by atoms with Crippen molar-refractivity contribution in [3.8, 4) is 17.3 Å². The molecule has 0 fully saturated rings. The van der Waals surface area contributed by atoms with Gasteiger partial charge in [0.1, 0.15) is 5.69 Å². The maximum atomic E-state index is 9.06. The van der Waals surface area contributed by atoms with Gasteiger partial charge in [-0.05, 0) is 6.07 Å². The van der Waals surface area contributed by atoms with Crippen LogP contribution < -0.4 is 0 Å². The summed E-state index contributed by atoms with van der Waals surface area (Å²) in [5.74, 6) is 0.00972. The Labute approximate surface area is 68.9 Å². The molecule has 0 saturated heterocycles. The van der Waals surface area contributed by atoms with Crippen LogP contribution in [0.2, 0.25) is 0 Å². The lowest BCUT2D eigenvalue weighted by Crippen LogP contribution is -1.81. The molecule has 2 aromatic rings. The number of nitrogens with zero attached hydrogens (tertiary/aromatic N) is 2. The van der Waals surface area contributed by atoms with Crippen LogP contribution in [0, 0.1) is 0 Å². The van der Waals surface area contributed by atoms with Gasteiger partial charge in [-0.1, -0.05) is 6.07 Å². The SMILES string of the molecule is Oc1cccc(-c2c[nH]cn2)n1. The minimum Gasteiger partial charge on any atom is -0.493 e. The predicted octanol–water partition coefficient (Wildman–Crippen LogP) is 1.18. The number of aromatic nitrogens is 3. The maximum absolute atomic E-state index is 9.06. The predicted molar refractivity (Wildman–Crippen MR) is 43.5 cm³/mol. The third-order valence-corrected chi connectivity index (χ3v) is 1.50. The summed E-state index contributed by atoms with van der Waals surface area (Å²) >= 11 is 0. The first kappa shape index (κ1) is 6.84. The third kappa shape index (κ3) is 1.14. The van der Waals surface area contributed by atoms with Crippen LogP contribution in [-0.4, -0.2) is 20.1 Å². The van der Waals surface area contributed by atoms with Crippen molar-refractivity contribution in [2.24, 2.45) is 0 Å². The fourth-order valence-electron chi connectivity index (χ4n) is 0.966. The van der Waals surface area contributed by atoms with Gasteiger partial charge in [0.25, 0.3) is 0 Å². The number of imidazole rings is 1. The molecule has 0 unspecified atom stereocenters. The van der Waals surface area contributed by atoms with E-state index in [1.54, 1.807) is 24.7 Å². The van der Waals surface area contributed by atoms with Crippen LogP contribution in [0.3, 0.4) is 0 Å². The summed E-state index contributed by atoms with van der Waals surface area (Å²) in [5, 5.41) is 9.06. The molecule has 60 valence electrons. The first-order chi connectivity index (χ1) is 5.86. The standard InChI is InChI=1S/C8H7N3O/c12-8-3-1-2-6(11-8)7-4-9-5-10-7/h1-5H,(H,9,10)(H,11,12). The number of aromatic hydroxyl groups is 1. The molecule has 2 heterocycles. The summed E-state index contributed by atoms with van der Waals surface area (Å²) < 4.78 is 0. The second kappa shape index (κ2) is 2.65. The monoisotopic (exact) mass is 161 g/mol. The average molecular weight is 161 g/mol. The molecule has 0 amide bonds. The van der Waals surface area contributed by atoms with E-state index < -0.39 is 0 Å². The topological polar surface area (TPSA) is 61.8 Å². The Morgan fingerprint density at radius 2 is 2.17 bits per heavy atom. The number of H-pyrrole nitrogens is 1. The first-order valence-electron chi connectivity index (χ1n) is 3.51. The summed E-state index contributed by atoms with van der Waals surface area (Å²) in [6, 6.07) is 5.04. The second-order valence-corrected chi connectivity index (χ2v) is 2.34. The summed E-state index contributed by atoms with van der Waals surface area (Å²) in [4.78, 5) is 10.7. The molecule has 4 heteroatoms. The smallest absolute Gasteiger partial charge is 0.211 e. The van der Waals surface area contributed by atoms with Crippen molar-refractivity contribution in [2.75, 3.05) is 0 Å². The number of nitrogens with one attached hydrogen (secondary N) is 1. The van der Waals surface area contributed by atoms with E-state index in [4.69, 9.17) is 5.11 Å². The van der Waals surface area contributed by atoms with Gasteiger partial charge >= 0.3 is 0 Å². The number of rotatable bonds is 1. The van der Waals surface area contributed by atoms with E-state index in [-0.39, 0.29) is 5.88 Å². The molecule has 0 saturated carbocycles. The van der Waals surface area contributed by atoms with Crippen molar-refractivity contribution in [2.45, 2.75) is 0 Å². The van der Waals surface area contributed by atoms with Crippen molar-refractivity contribution in [3.63, 3.8) is 0 Å². The van der Waals surface area contributed by atoms with Gasteiger partial charge in [-0.3, -0.25) is 0 Å². The van der Waals surface area contributed by atoms with Crippen LogP contribution in [-0.2, 0) is 0 Å². The Balaban J connectivity index is 2.48. The highest BCUT2D eigenvalue weighted by molar-refractivity contribution is 5.52. The summed E-state index contributed by atoms with van der Waals surface area (Å²) in [5.41, 5.74) is 1.39. The molecule has 2 rings (SSSR count). The Morgan fingerprint density at radius 3 is 2.83 bits per heavy atom. The van der Waals surface area contributed by atoms with E-state index in [2.05, 4.69) is 15.0 Å². The zero-order valence-corrected chi connectivity index (χ0v) is 6.23. The Morgan fingerprint density at radius 1 is 1.25 bits per heavy atom. The summed E-state index contributed by atoms with van der Waals surface area (Å²) in [6.07, 6.45) is 3.29. The van der Waals surface area contributed by atoms with Crippen molar-refractivity contribution < 1.29 is 5.11 Å². The van der Waals surface area contributed by atoms with E-state index in [0.29, 0.717) is 5.69 Å². The van der Waals surface area contributed by atoms with E-state index in [1.165, 1.54) is 6.07 Å². The van der Waals surface area contributed by atoms with E-state index in [9.17, 15) is 0 Å². The van der Waals surface area contributed by atoms with Gasteiger partial charge in [0.05, 0.1) is 12.0 Å². The zero-order valence-electron chi connectivity index (χ0n) is 6.23. The molecule has 0 aliphatic carbocycles. The summed E-state index contributed by atoms with van der Waals surface area (Å²) in [7, 11) is 0. The zero-order chi connectivity index (χ0) is 8.39. The van der Waals surface area contributed by atoms with Crippen LogP contribution in [0.4, 0.5) is 0 Å². The van der Waals surface area contributed by atoms with Crippen molar-refractivity contribution in [1.29, 1.82) is 0 Å².